The Morgan fingerprint density at radius 2 is 1.43 bits per heavy atom. The van der Waals surface area contributed by atoms with Crippen molar-refractivity contribution < 1.29 is 73.7 Å². The maximum atomic E-state index is 12.8. The second-order valence-electron chi connectivity index (χ2n) is 10.7. The number of rotatable bonds is 19. The second-order valence-corrected chi connectivity index (χ2v) is 10.7. The van der Waals surface area contributed by atoms with Crippen molar-refractivity contribution in [3.63, 3.8) is 0 Å². The van der Waals surface area contributed by atoms with Gasteiger partial charge in [0, 0.05) is 13.3 Å². The van der Waals surface area contributed by atoms with Crippen LogP contribution in [0.4, 0.5) is 0 Å². The van der Waals surface area contributed by atoms with Gasteiger partial charge in [0.15, 0.2) is 6.29 Å². The number of hydrogen-bond donors (Lipinski definition) is 11. The van der Waals surface area contributed by atoms with E-state index in [0.717, 1.165) is 6.92 Å². The van der Waals surface area contributed by atoms with Crippen LogP contribution in [0.15, 0.2) is 0 Å². The average molecular weight is 666 g/mol. The molecule has 12 N–H and O–H groups in total. The third kappa shape index (κ3) is 12.8. The number of carboxylic acid groups (broad SMARTS) is 3. The first-order valence-corrected chi connectivity index (χ1v) is 14.3. The second kappa shape index (κ2) is 18.9. The van der Waals surface area contributed by atoms with Gasteiger partial charge >= 0.3 is 17.9 Å². The van der Waals surface area contributed by atoms with Gasteiger partial charge in [0.25, 0.3) is 0 Å². The van der Waals surface area contributed by atoms with Crippen LogP contribution in [-0.4, -0.2) is 140 Å². The van der Waals surface area contributed by atoms with Crippen LogP contribution in [0.5, 0.6) is 0 Å². The Labute approximate surface area is 263 Å². The van der Waals surface area contributed by atoms with Gasteiger partial charge in [-0.25, -0.2) is 9.59 Å². The number of ether oxygens (including phenoxy) is 2. The molecule has 262 valence electrons. The highest BCUT2D eigenvalue weighted by molar-refractivity contribution is 5.91. The summed E-state index contributed by atoms with van der Waals surface area (Å²) < 4.78 is 10.6. The first-order chi connectivity index (χ1) is 21.4. The Balaban J connectivity index is 2.73. The number of nitrogens with one attached hydrogen (secondary N) is 4. The maximum absolute atomic E-state index is 12.8. The number of amides is 4. The van der Waals surface area contributed by atoms with Gasteiger partial charge in [0.2, 0.25) is 23.6 Å². The van der Waals surface area contributed by atoms with Crippen molar-refractivity contribution in [2.45, 2.75) is 114 Å². The van der Waals surface area contributed by atoms with E-state index >= 15 is 0 Å². The van der Waals surface area contributed by atoms with Crippen molar-refractivity contribution in [3.8, 4) is 0 Å². The first-order valence-electron chi connectivity index (χ1n) is 14.3. The van der Waals surface area contributed by atoms with Crippen LogP contribution in [0.1, 0.15) is 52.9 Å². The molecule has 0 spiro atoms. The summed E-state index contributed by atoms with van der Waals surface area (Å²) in [6.07, 6.45) is -8.50. The lowest BCUT2D eigenvalue weighted by atomic mass is 9.96. The molecule has 0 bridgehead atoms. The third-order valence-corrected chi connectivity index (χ3v) is 6.96. The van der Waals surface area contributed by atoms with E-state index in [2.05, 4.69) is 21.3 Å². The topological polar surface area (TPSA) is 333 Å². The van der Waals surface area contributed by atoms with Crippen molar-refractivity contribution in [2.75, 3.05) is 6.61 Å². The van der Waals surface area contributed by atoms with E-state index in [-0.39, 0.29) is 19.3 Å². The van der Waals surface area contributed by atoms with Crippen LogP contribution in [-0.2, 0) is 43.0 Å². The molecule has 1 unspecified atom stereocenters. The molecule has 0 aromatic carbocycles. The van der Waals surface area contributed by atoms with Gasteiger partial charge in [-0.3, -0.25) is 24.0 Å². The smallest absolute Gasteiger partial charge is 0.326 e. The van der Waals surface area contributed by atoms with Crippen LogP contribution >= 0.6 is 0 Å². The fourth-order valence-corrected chi connectivity index (χ4v) is 4.35. The Kier molecular flexibility index (Phi) is 16.5. The van der Waals surface area contributed by atoms with Crippen molar-refractivity contribution >= 4 is 41.5 Å². The Morgan fingerprint density at radius 3 is 1.96 bits per heavy atom. The lowest BCUT2D eigenvalue weighted by molar-refractivity contribution is -0.266. The predicted octanol–water partition coefficient (Wildman–Crippen LogP) is -4.66. The number of aliphatic hydroxyl groups is 3. The van der Waals surface area contributed by atoms with E-state index < -0.39 is 122 Å². The van der Waals surface area contributed by atoms with E-state index in [9.17, 15) is 59.1 Å². The zero-order chi connectivity index (χ0) is 35.3. The molecule has 0 aliphatic carbocycles. The molecule has 4 amide bonds. The number of aliphatic hydroxyl groups excluding tert-OH is 3. The molecule has 1 rings (SSSR count). The van der Waals surface area contributed by atoms with E-state index in [0.29, 0.717) is 0 Å². The molecule has 0 aromatic rings. The third-order valence-electron chi connectivity index (χ3n) is 6.96. The molecule has 1 saturated heterocycles. The molecule has 1 fully saturated rings. The number of nitrogens with two attached hydrogens (primary N) is 1. The van der Waals surface area contributed by atoms with Gasteiger partial charge < -0.3 is 67.1 Å². The summed E-state index contributed by atoms with van der Waals surface area (Å²) in [4.78, 5) is 83.3. The van der Waals surface area contributed by atoms with E-state index in [1.807, 2.05) is 0 Å². The summed E-state index contributed by atoms with van der Waals surface area (Å²) in [7, 11) is 0. The Morgan fingerprint density at radius 1 is 0.848 bits per heavy atom. The highest BCUT2D eigenvalue weighted by Gasteiger charge is 2.47. The van der Waals surface area contributed by atoms with Crippen molar-refractivity contribution in [1.82, 2.24) is 21.3 Å². The zero-order valence-electron chi connectivity index (χ0n) is 25.5. The van der Waals surface area contributed by atoms with Gasteiger partial charge in [-0.05, 0) is 39.5 Å². The highest BCUT2D eigenvalue weighted by atomic mass is 16.6. The zero-order valence-corrected chi connectivity index (χ0v) is 25.5. The highest BCUT2D eigenvalue weighted by Crippen LogP contribution is 2.23. The molecule has 0 saturated carbocycles. The van der Waals surface area contributed by atoms with Gasteiger partial charge in [-0.1, -0.05) is 0 Å². The fraction of sp³-hybridized carbons (Fsp3) is 0.731. The van der Waals surface area contributed by atoms with E-state index in [1.54, 1.807) is 0 Å². The quantitative estimate of drug-likeness (QED) is 0.0617. The normalized spacial score (nSPS) is 24.3. The molecular formula is C26H43N5O15. The predicted molar refractivity (Wildman–Crippen MR) is 151 cm³/mol. The SMILES string of the molecule is CC(=O)N[C@H]1C(O)O[C@H](CO)[C@@H](O)[C@@H]1O[C@H](C)C(=O)N[C@@H](C)C(=O)N[C@H](CCC(=O)N[C@@H](CCC[C@@H](N)C(=O)O)C(=O)O)C(=O)O. The van der Waals surface area contributed by atoms with Crippen molar-refractivity contribution in [2.24, 2.45) is 5.73 Å². The van der Waals surface area contributed by atoms with Crippen molar-refractivity contribution in [1.29, 1.82) is 0 Å². The van der Waals surface area contributed by atoms with E-state index in [4.69, 9.17) is 20.3 Å². The minimum atomic E-state index is -1.71. The summed E-state index contributed by atoms with van der Waals surface area (Å²) in [5, 5.41) is 66.8. The van der Waals surface area contributed by atoms with Crippen molar-refractivity contribution in [3.05, 3.63) is 0 Å². The molecule has 46 heavy (non-hydrogen) atoms. The molecule has 20 nitrogen and oxygen atoms in total. The van der Waals surface area contributed by atoms with Crippen LogP contribution in [0.2, 0.25) is 0 Å². The van der Waals surface area contributed by atoms with Crippen LogP contribution in [0.25, 0.3) is 0 Å². The molecule has 1 heterocycles. The minimum absolute atomic E-state index is 0.0376. The van der Waals surface area contributed by atoms with Crippen LogP contribution in [0.3, 0.4) is 0 Å². The summed E-state index contributed by atoms with van der Waals surface area (Å²) in [6.45, 7) is 2.85. The first kappa shape index (κ1) is 40.1. The molecule has 0 radical (unpaired) electrons. The summed E-state index contributed by atoms with van der Waals surface area (Å²) in [5.41, 5.74) is 5.37. The largest absolute Gasteiger partial charge is 0.480 e. The molecule has 1 aliphatic heterocycles. The number of carbonyl (C=O) groups excluding carboxylic acids is 4. The van der Waals surface area contributed by atoms with Crippen LogP contribution < -0.4 is 27.0 Å². The Hall–Kier alpha value is -3.95. The number of aliphatic carboxylic acids is 3. The molecule has 20 heteroatoms. The summed E-state index contributed by atoms with van der Waals surface area (Å²) in [6, 6.07) is -6.88. The minimum Gasteiger partial charge on any atom is -0.480 e. The summed E-state index contributed by atoms with van der Waals surface area (Å²) >= 11 is 0. The standard InChI is InChI=1S/C26H43N5O15/c1-10(28-22(37)11(2)45-20-18(29-12(3)33)26(44)46-16(9-32)19(20)35)21(36)31-15(25(42)43)7-8-17(34)30-14(24(40)41)6-4-5-13(27)23(38)39/h10-11,13-16,18-20,26,32,35,44H,4-9,27H2,1-3H3,(H,28,37)(H,29,33)(H,30,34)(H,31,36)(H,38,39)(H,40,41)(H,42,43)/t10-,11+,13+,14-,15+,16+,18+,19+,20+,26?/m0/s1. The monoisotopic (exact) mass is 665 g/mol. The molecule has 1 aliphatic rings. The molecule has 0 aromatic heterocycles. The van der Waals surface area contributed by atoms with Gasteiger partial charge in [0.05, 0.1) is 6.61 Å². The van der Waals surface area contributed by atoms with Crippen LogP contribution in [0, 0.1) is 0 Å². The lowest BCUT2D eigenvalue weighted by Crippen LogP contribution is -2.65. The summed E-state index contributed by atoms with van der Waals surface area (Å²) in [5.74, 6) is -7.53. The maximum Gasteiger partial charge on any atom is 0.326 e. The Bertz CT molecular complexity index is 1110. The molecule has 10 atom stereocenters. The lowest BCUT2D eigenvalue weighted by Gasteiger charge is -2.43. The van der Waals surface area contributed by atoms with Gasteiger partial charge in [-0.15, -0.1) is 0 Å². The number of carbonyl (C=O) groups is 7. The number of carboxylic acids is 3. The average Bonchev–Trinajstić information content (AvgIpc) is 2.96. The molecular weight excluding hydrogens is 622 g/mol. The fourth-order valence-electron chi connectivity index (χ4n) is 4.35. The van der Waals surface area contributed by atoms with Gasteiger partial charge in [0.1, 0.15) is 54.6 Å². The van der Waals surface area contributed by atoms with E-state index in [1.165, 1.54) is 13.8 Å². The number of hydrogen-bond acceptors (Lipinski definition) is 13. The van der Waals surface area contributed by atoms with Gasteiger partial charge in [-0.2, -0.15) is 0 Å².